The van der Waals surface area contributed by atoms with Gasteiger partial charge in [-0.15, -0.1) is 0 Å². The molecule has 1 heterocycles. The summed E-state index contributed by atoms with van der Waals surface area (Å²) in [4.78, 5) is 0. The van der Waals surface area contributed by atoms with Gasteiger partial charge in [0.15, 0.2) is 0 Å². The van der Waals surface area contributed by atoms with Crippen LogP contribution in [0.5, 0.6) is 0 Å². The van der Waals surface area contributed by atoms with E-state index in [9.17, 15) is 0 Å². The average Bonchev–Trinajstić information content (AvgIpc) is 3.09. The van der Waals surface area contributed by atoms with Crippen LogP contribution in [0.1, 0.15) is 70.5 Å². The van der Waals surface area contributed by atoms with Crippen molar-refractivity contribution in [3.05, 3.63) is 18.0 Å². The Morgan fingerprint density at radius 2 is 2.16 bits per heavy atom. The summed E-state index contributed by atoms with van der Waals surface area (Å²) in [6.07, 6.45) is 12.3. The molecule has 2 rings (SSSR count). The van der Waals surface area contributed by atoms with Crippen LogP contribution in [0.4, 0.5) is 0 Å². The van der Waals surface area contributed by atoms with Crippen molar-refractivity contribution in [1.29, 1.82) is 0 Å². The highest BCUT2D eigenvalue weighted by Gasteiger charge is 2.17. The molecule has 1 atom stereocenters. The molecule has 3 heteroatoms. The van der Waals surface area contributed by atoms with Crippen LogP contribution in [0.25, 0.3) is 0 Å². The van der Waals surface area contributed by atoms with E-state index in [1.165, 1.54) is 50.6 Å². The molecule has 108 valence electrons. The van der Waals surface area contributed by atoms with Crippen molar-refractivity contribution in [2.45, 2.75) is 77.3 Å². The molecule has 19 heavy (non-hydrogen) atoms. The summed E-state index contributed by atoms with van der Waals surface area (Å²) in [7, 11) is 0. The van der Waals surface area contributed by atoms with Gasteiger partial charge >= 0.3 is 0 Å². The lowest BCUT2D eigenvalue weighted by molar-refractivity contribution is 0.449. The lowest BCUT2D eigenvalue weighted by atomic mass is 10.1. The lowest BCUT2D eigenvalue weighted by Crippen LogP contribution is -2.29. The van der Waals surface area contributed by atoms with Gasteiger partial charge in [-0.25, -0.2) is 0 Å². The Labute approximate surface area is 117 Å². The van der Waals surface area contributed by atoms with Crippen LogP contribution in [0.15, 0.2) is 12.3 Å². The summed E-state index contributed by atoms with van der Waals surface area (Å²) in [6, 6.07) is 3.54. The quantitative estimate of drug-likeness (QED) is 0.775. The van der Waals surface area contributed by atoms with Crippen molar-refractivity contribution < 1.29 is 0 Å². The maximum Gasteiger partial charge on any atom is 0.0625 e. The fourth-order valence-corrected chi connectivity index (χ4v) is 3.00. The molecular formula is C16H29N3. The average molecular weight is 263 g/mol. The summed E-state index contributed by atoms with van der Waals surface area (Å²) in [6.45, 7) is 5.63. The first-order chi connectivity index (χ1) is 9.33. The summed E-state index contributed by atoms with van der Waals surface area (Å²) >= 11 is 0. The first-order valence-corrected chi connectivity index (χ1v) is 8.11. The molecule has 1 unspecified atom stereocenters. The molecule has 1 N–H and O–H groups in total. The largest absolute Gasteiger partial charge is 0.314 e. The normalized spacial score (nSPS) is 18.0. The second-order valence-electron chi connectivity index (χ2n) is 5.82. The Kier molecular flexibility index (Phi) is 5.90. The van der Waals surface area contributed by atoms with E-state index in [-0.39, 0.29) is 0 Å². The first-order valence-electron chi connectivity index (χ1n) is 8.11. The summed E-state index contributed by atoms with van der Waals surface area (Å²) in [5, 5.41) is 8.38. The maximum absolute atomic E-state index is 4.77. The molecule has 0 radical (unpaired) electrons. The Morgan fingerprint density at radius 3 is 2.84 bits per heavy atom. The van der Waals surface area contributed by atoms with Gasteiger partial charge in [-0.3, -0.25) is 4.68 Å². The molecule has 0 amide bonds. The molecule has 0 bridgehead atoms. The molecular weight excluding hydrogens is 234 g/mol. The van der Waals surface area contributed by atoms with Crippen LogP contribution < -0.4 is 5.32 Å². The second kappa shape index (κ2) is 7.68. The van der Waals surface area contributed by atoms with Gasteiger partial charge in [0.2, 0.25) is 0 Å². The van der Waals surface area contributed by atoms with Crippen molar-refractivity contribution in [3.8, 4) is 0 Å². The highest BCUT2D eigenvalue weighted by atomic mass is 15.3. The van der Waals surface area contributed by atoms with Crippen molar-refractivity contribution in [2.24, 2.45) is 0 Å². The summed E-state index contributed by atoms with van der Waals surface area (Å²) in [5.41, 5.74) is 1.27. The van der Waals surface area contributed by atoms with E-state index in [0.29, 0.717) is 12.1 Å². The van der Waals surface area contributed by atoms with Gasteiger partial charge in [0.25, 0.3) is 0 Å². The first kappa shape index (κ1) is 14.6. The standard InChI is InChI=1S/C16H29N3/c1-3-12-17-14(4-2)9-10-15-11-13-19(18-15)16-7-5-6-8-16/h11,13-14,16-17H,3-10,12H2,1-2H3. The predicted octanol–water partition coefficient (Wildman–Crippen LogP) is 3.71. The fraction of sp³-hybridized carbons (Fsp3) is 0.812. The Balaban J connectivity index is 1.78. The Hall–Kier alpha value is -0.830. The predicted molar refractivity (Wildman–Crippen MR) is 80.4 cm³/mol. The highest BCUT2D eigenvalue weighted by molar-refractivity contribution is 5.01. The number of hydrogen-bond donors (Lipinski definition) is 1. The number of aromatic nitrogens is 2. The van der Waals surface area contributed by atoms with E-state index in [4.69, 9.17) is 5.10 Å². The third-order valence-electron chi connectivity index (χ3n) is 4.29. The van der Waals surface area contributed by atoms with E-state index in [1.54, 1.807) is 0 Å². The third kappa shape index (κ3) is 4.34. The van der Waals surface area contributed by atoms with Crippen molar-refractivity contribution in [1.82, 2.24) is 15.1 Å². The van der Waals surface area contributed by atoms with Gasteiger partial charge in [-0.2, -0.15) is 5.10 Å². The monoisotopic (exact) mass is 263 g/mol. The van der Waals surface area contributed by atoms with Crippen molar-refractivity contribution in [3.63, 3.8) is 0 Å². The van der Waals surface area contributed by atoms with Gasteiger partial charge in [-0.1, -0.05) is 26.7 Å². The molecule has 1 aliphatic rings. The zero-order valence-electron chi connectivity index (χ0n) is 12.6. The Morgan fingerprint density at radius 1 is 1.37 bits per heavy atom. The Bertz CT molecular complexity index is 353. The molecule has 1 aromatic rings. The molecule has 0 saturated heterocycles. The van der Waals surface area contributed by atoms with Crippen LogP contribution in [0.2, 0.25) is 0 Å². The number of nitrogens with zero attached hydrogens (tertiary/aromatic N) is 2. The van der Waals surface area contributed by atoms with Gasteiger partial charge in [0.05, 0.1) is 11.7 Å². The van der Waals surface area contributed by atoms with E-state index in [0.717, 1.165) is 13.0 Å². The van der Waals surface area contributed by atoms with Gasteiger partial charge in [0, 0.05) is 12.2 Å². The third-order valence-corrected chi connectivity index (χ3v) is 4.29. The van der Waals surface area contributed by atoms with E-state index in [1.807, 2.05) is 0 Å². The van der Waals surface area contributed by atoms with Crippen LogP contribution in [0, 0.1) is 0 Å². The molecule has 3 nitrogen and oxygen atoms in total. The van der Waals surface area contributed by atoms with Gasteiger partial charge in [-0.05, 0) is 51.1 Å². The molecule has 1 aliphatic carbocycles. The number of nitrogens with one attached hydrogen (secondary N) is 1. The minimum Gasteiger partial charge on any atom is -0.314 e. The highest BCUT2D eigenvalue weighted by Crippen LogP contribution is 2.28. The molecule has 0 aromatic carbocycles. The zero-order chi connectivity index (χ0) is 13.5. The van der Waals surface area contributed by atoms with Crippen LogP contribution in [-0.2, 0) is 6.42 Å². The molecule has 1 fully saturated rings. The second-order valence-corrected chi connectivity index (χ2v) is 5.82. The molecule has 0 spiro atoms. The number of aryl methyl sites for hydroxylation is 1. The number of hydrogen-bond acceptors (Lipinski definition) is 2. The van der Waals surface area contributed by atoms with Crippen LogP contribution >= 0.6 is 0 Å². The van der Waals surface area contributed by atoms with Crippen molar-refractivity contribution >= 4 is 0 Å². The minimum atomic E-state index is 0.650. The zero-order valence-corrected chi connectivity index (χ0v) is 12.6. The van der Waals surface area contributed by atoms with Crippen LogP contribution in [0.3, 0.4) is 0 Å². The van der Waals surface area contributed by atoms with Crippen LogP contribution in [-0.4, -0.2) is 22.4 Å². The summed E-state index contributed by atoms with van der Waals surface area (Å²) in [5.74, 6) is 0. The lowest BCUT2D eigenvalue weighted by Gasteiger charge is -2.15. The van der Waals surface area contributed by atoms with E-state index < -0.39 is 0 Å². The maximum atomic E-state index is 4.77. The van der Waals surface area contributed by atoms with E-state index >= 15 is 0 Å². The SMILES string of the molecule is CCCNC(CC)CCc1ccn(C2CCCC2)n1. The smallest absolute Gasteiger partial charge is 0.0625 e. The van der Waals surface area contributed by atoms with E-state index in [2.05, 4.69) is 36.1 Å². The fourth-order valence-electron chi connectivity index (χ4n) is 3.00. The topological polar surface area (TPSA) is 29.9 Å². The molecule has 1 aromatic heterocycles. The molecule has 0 aliphatic heterocycles. The van der Waals surface area contributed by atoms with Crippen molar-refractivity contribution in [2.75, 3.05) is 6.54 Å². The van der Waals surface area contributed by atoms with Gasteiger partial charge in [0.1, 0.15) is 0 Å². The van der Waals surface area contributed by atoms with Gasteiger partial charge < -0.3 is 5.32 Å². The summed E-state index contributed by atoms with van der Waals surface area (Å²) < 4.78 is 2.21. The minimum absolute atomic E-state index is 0.650. The number of rotatable bonds is 8. The molecule has 1 saturated carbocycles.